The molecule has 2 aromatic rings. The first kappa shape index (κ1) is 17.3. The van der Waals surface area contributed by atoms with Gasteiger partial charge in [0.1, 0.15) is 11.5 Å². The normalized spacial score (nSPS) is 11.3. The lowest BCUT2D eigenvalue weighted by molar-refractivity contribution is 0.409. The van der Waals surface area contributed by atoms with Crippen LogP contribution in [0.5, 0.6) is 11.5 Å². The Morgan fingerprint density at radius 3 is 2.22 bits per heavy atom. The van der Waals surface area contributed by atoms with E-state index in [0.29, 0.717) is 17.1 Å². The van der Waals surface area contributed by atoms with Crippen molar-refractivity contribution in [2.45, 2.75) is 25.3 Å². The minimum absolute atomic E-state index is 0.164. The van der Waals surface area contributed by atoms with Crippen molar-refractivity contribution in [3.8, 4) is 11.5 Å². The second-order valence-corrected chi connectivity index (χ2v) is 6.89. The molecule has 0 unspecified atom stereocenters. The summed E-state index contributed by atoms with van der Waals surface area (Å²) in [6, 6.07) is 10.5. The summed E-state index contributed by atoms with van der Waals surface area (Å²) in [5, 5.41) is 0. The minimum atomic E-state index is -3.62. The molecule has 6 heteroatoms. The van der Waals surface area contributed by atoms with E-state index < -0.39 is 10.0 Å². The Labute approximate surface area is 137 Å². The van der Waals surface area contributed by atoms with E-state index in [4.69, 9.17) is 9.47 Å². The third-order valence-electron chi connectivity index (χ3n) is 3.84. The lowest BCUT2D eigenvalue weighted by Crippen LogP contribution is -2.24. The van der Waals surface area contributed by atoms with Crippen molar-refractivity contribution < 1.29 is 17.9 Å². The monoisotopic (exact) mass is 335 g/mol. The highest BCUT2D eigenvalue weighted by molar-refractivity contribution is 7.89. The van der Waals surface area contributed by atoms with Crippen molar-refractivity contribution in [3.63, 3.8) is 0 Å². The maximum atomic E-state index is 12.6. The molecule has 0 aliphatic rings. The van der Waals surface area contributed by atoms with Gasteiger partial charge in [0.05, 0.1) is 19.1 Å². The maximum absolute atomic E-state index is 12.6. The molecule has 0 radical (unpaired) electrons. The van der Waals surface area contributed by atoms with E-state index in [-0.39, 0.29) is 11.4 Å². The average Bonchev–Trinajstić information content (AvgIpc) is 2.55. The quantitative estimate of drug-likeness (QED) is 0.882. The molecule has 0 atom stereocenters. The Bertz CT molecular complexity index is 800. The molecule has 0 aliphatic carbocycles. The molecule has 0 aromatic heterocycles. The fraction of sp³-hybridized carbons (Fsp3) is 0.294. The second-order valence-electron chi connectivity index (χ2n) is 5.15. The van der Waals surface area contributed by atoms with E-state index >= 15 is 0 Å². The number of hydrogen-bond donors (Lipinski definition) is 1. The van der Waals surface area contributed by atoms with E-state index in [2.05, 4.69) is 4.72 Å². The molecule has 0 spiro atoms. The third-order valence-corrected chi connectivity index (χ3v) is 5.39. The van der Waals surface area contributed by atoms with Crippen molar-refractivity contribution in [3.05, 3.63) is 53.1 Å². The van der Waals surface area contributed by atoms with Crippen LogP contribution >= 0.6 is 0 Å². The van der Waals surface area contributed by atoms with E-state index in [1.807, 2.05) is 25.1 Å². The summed E-state index contributed by atoms with van der Waals surface area (Å²) in [6.45, 7) is 3.78. The van der Waals surface area contributed by atoms with Gasteiger partial charge in [-0.2, -0.15) is 0 Å². The zero-order valence-corrected chi connectivity index (χ0v) is 14.5. The number of methoxy groups -OCH3 is 2. The van der Waals surface area contributed by atoms with Crippen LogP contribution in [0.25, 0.3) is 0 Å². The largest absolute Gasteiger partial charge is 0.496 e. The van der Waals surface area contributed by atoms with Crippen molar-refractivity contribution in [2.24, 2.45) is 0 Å². The molecular formula is C17H21NO4S. The highest BCUT2D eigenvalue weighted by Gasteiger charge is 2.19. The standard InChI is InChI=1S/C17H21NO4S/c1-12-13(2)17(10-9-15(12)21-3)23(19,20)18-11-14-7-5-6-8-16(14)22-4/h5-10,18H,11H2,1-4H3. The Morgan fingerprint density at radius 1 is 0.913 bits per heavy atom. The van der Waals surface area contributed by atoms with Crippen molar-refractivity contribution >= 4 is 10.0 Å². The molecule has 5 nitrogen and oxygen atoms in total. The first-order valence-corrected chi connectivity index (χ1v) is 8.64. The van der Waals surface area contributed by atoms with Gasteiger partial charge in [-0.3, -0.25) is 0 Å². The summed E-state index contributed by atoms with van der Waals surface area (Å²) in [6.07, 6.45) is 0. The number of hydrogen-bond acceptors (Lipinski definition) is 4. The van der Waals surface area contributed by atoms with Gasteiger partial charge < -0.3 is 9.47 Å². The van der Waals surface area contributed by atoms with Crippen LogP contribution in [-0.2, 0) is 16.6 Å². The summed E-state index contributed by atoms with van der Waals surface area (Å²) in [5.41, 5.74) is 2.27. The van der Waals surface area contributed by atoms with Gasteiger partial charge in [0.25, 0.3) is 0 Å². The molecule has 124 valence electrons. The predicted octanol–water partition coefficient (Wildman–Crippen LogP) is 2.80. The molecule has 0 heterocycles. The van der Waals surface area contributed by atoms with Crippen LogP contribution < -0.4 is 14.2 Å². The zero-order valence-electron chi connectivity index (χ0n) is 13.7. The second kappa shape index (κ2) is 7.02. The van der Waals surface area contributed by atoms with Crippen LogP contribution in [0.1, 0.15) is 16.7 Å². The summed E-state index contributed by atoms with van der Waals surface area (Å²) < 4.78 is 38.3. The average molecular weight is 335 g/mol. The number of ether oxygens (including phenoxy) is 2. The SMILES string of the molecule is COc1ccccc1CNS(=O)(=O)c1ccc(OC)c(C)c1C. The Kier molecular flexibility index (Phi) is 5.28. The lowest BCUT2D eigenvalue weighted by atomic mass is 10.1. The third kappa shape index (κ3) is 3.65. The van der Waals surface area contributed by atoms with Gasteiger partial charge in [-0.15, -0.1) is 0 Å². The van der Waals surface area contributed by atoms with Crippen LogP contribution in [-0.4, -0.2) is 22.6 Å². The van der Waals surface area contributed by atoms with Crippen LogP contribution in [0.4, 0.5) is 0 Å². The summed E-state index contributed by atoms with van der Waals surface area (Å²) in [5.74, 6) is 1.32. The van der Waals surface area contributed by atoms with Crippen molar-refractivity contribution in [2.75, 3.05) is 14.2 Å². The van der Waals surface area contributed by atoms with Crippen LogP contribution in [0.15, 0.2) is 41.3 Å². The fourth-order valence-electron chi connectivity index (χ4n) is 2.38. The van der Waals surface area contributed by atoms with E-state index in [9.17, 15) is 8.42 Å². The summed E-state index contributed by atoms with van der Waals surface area (Å²) in [7, 11) is -0.498. The van der Waals surface area contributed by atoms with Gasteiger partial charge in [-0.05, 0) is 43.2 Å². The molecule has 2 aromatic carbocycles. The van der Waals surface area contributed by atoms with E-state index in [1.54, 1.807) is 39.3 Å². The number of rotatable bonds is 6. The Balaban J connectivity index is 2.28. The minimum Gasteiger partial charge on any atom is -0.496 e. The van der Waals surface area contributed by atoms with Gasteiger partial charge >= 0.3 is 0 Å². The van der Waals surface area contributed by atoms with Gasteiger partial charge in [-0.25, -0.2) is 13.1 Å². The number of nitrogens with one attached hydrogen (secondary N) is 1. The highest BCUT2D eigenvalue weighted by atomic mass is 32.2. The lowest BCUT2D eigenvalue weighted by Gasteiger charge is -2.14. The Morgan fingerprint density at radius 2 is 1.57 bits per heavy atom. The van der Waals surface area contributed by atoms with Gasteiger partial charge in [-0.1, -0.05) is 18.2 Å². The number of benzene rings is 2. The maximum Gasteiger partial charge on any atom is 0.241 e. The summed E-state index contributed by atoms with van der Waals surface area (Å²) >= 11 is 0. The predicted molar refractivity (Wildman–Crippen MR) is 89.5 cm³/mol. The summed E-state index contributed by atoms with van der Waals surface area (Å²) in [4.78, 5) is 0.255. The fourth-order valence-corrected chi connectivity index (χ4v) is 3.69. The van der Waals surface area contributed by atoms with Gasteiger partial charge in [0, 0.05) is 12.1 Å². The molecule has 1 N–H and O–H groups in total. The molecule has 0 fully saturated rings. The Hall–Kier alpha value is -2.05. The highest BCUT2D eigenvalue weighted by Crippen LogP contribution is 2.27. The van der Waals surface area contributed by atoms with Crippen LogP contribution in [0.2, 0.25) is 0 Å². The van der Waals surface area contributed by atoms with E-state index in [1.165, 1.54) is 0 Å². The van der Waals surface area contributed by atoms with Gasteiger partial charge in [0.2, 0.25) is 10.0 Å². The molecule has 2 rings (SSSR count). The molecule has 0 saturated heterocycles. The number of para-hydroxylation sites is 1. The van der Waals surface area contributed by atoms with Crippen molar-refractivity contribution in [1.29, 1.82) is 0 Å². The molecule has 23 heavy (non-hydrogen) atoms. The van der Waals surface area contributed by atoms with Gasteiger partial charge in [0.15, 0.2) is 0 Å². The molecular weight excluding hydrogens is 314 g/mol. The van der Waals surface area contributed by atoms with Crippen LogP contribution in [0, 0.1) is 13.8 Å². The van der Waals surface area contributed by atoms with Crippen LogP contribution in [0.3, 0.4) is 0 Å². The molecule has 0 amide bonds. The zero-order chi connectivity index (χ0) is 17.0. The molecule has 0 aliphatic heterocycles. The number of sulfonamides is 1. The first-order chi connectivity index (χ1) is 10.9. The molecule has 0 saturated carbocycles. The smallest absolute Gasteiger partial charge is 0.241 e. The topological polar surface area (TPSA) is 64.6 Å². The molecule has 0 bridgehead atoms. The van der Waals surface area contributed by atoms with Crippen molar-refractivity contribution in [1.82, 2.24) is 4.72 Å². The van der Waals surface area contributed by atoms with E-state index in [0.717, 1.165) is 11.1 Å². The first-order valence-electron chi connectivity index (χ1n) is 7.16.